The number of hydrogen-bond acceptors (Lipinski definition) is 3. The molecule has 0 saturated carbocycles. The van der Waals surface area contributed by atoms with Crippen LogP contribution in [0.3, 0.4) is 0 Å². The van der Waals surface area contributed by atoms with E-state index in [1.165, 1.54) is 0 Å². The second kappa shape index (κ2) is 7.61. The van der Waals surface area contributed by atoms with Gasteiger partial charge in [-0.05, 0) is 43.2 Å². The number of hydrazone groups is 1. The Morgan fingerprint density at radius 3 is 2.55 bits per heavy atom. The number of carbonyl (C=O) groups excluding carboxylic acids is 1. The highest BCUT2D eigenvalue weighted by atomic mass is 35.5. The number of nitrogens with one attached hydrogen (secondary N) is 2. The van der Waals surface area contributed by atoms with Crippen molar-refractivity contribution in [3.05, 3.63) is 64.7 Å². The van der Waals surface area contributed by atoms with Crippen molar-refractivity contribution >= 4 is 29.4 Å². The molecule has 1 unspecified atom stereocenters. The zero-order valence-corrected chi connectivity index (χ0v) is 13.3. The van der Waals surface area contributed by atoms with Crippen LogP contribution in [0.25, 0.3) is 0 Å². The van der Waals surface area contributed by atoms with Crippen LogP contribution in [0.15, 0.2) is 53.6 Å². The topological polar surface area (TPSA) is 53.5 Å². The van der Waals surface area contributed by atoms with Crippen molar-refractivity contribution < 1.29 is 4.79 Å². The summed E-state index contributed by atoms with van der Waals surface area (Å²) in [5.74, 6) is -0.200. The first-order valence-corrected chi connectivity index (χ1v) is 7.34. The minimum absolute atomic E-state index is 0.200. The fourth-order valence-electron chi connectivity index (χ4n) is 1.85. The Labute approximate surface area is 135 Å². The lowest BCUT2D eigenvalue weighted by molar-refractivity contribution is -0.121. The summed E-state index contributed by atoms with van der Waals surface area (Å²) in [5, 5.41) is 7.78. The molecule has 4 nitrogen and oxygen atoms in total. The minimum atomic E-state index is -0.386. The van der Waals surface area contributed by atoms with Crippen molar-refractivity contribution in [2.75, 3.05) is 5.32 Å². The Hall–Kier alpha value is -2.33. The Kier molecular flexibility index (Phi) is 5.55. The molecule has 1 atom stereocenters. The molecule has 22 heavy (non-hydrogen) atoms. The van der Waals surface area contributed by atoms with Crippen LogP contribution in [0.4, 0.5) is 5.69 Å². The van der Waals surface area contributed by atoms with Crippen molar-refractivity contribution in [1.82, 2.24) is 5.43 Å². The average Bonchev–Trinajstić information content (AvgIpc) is 2.51. The number of hydrogen-bond donors (Lipinski definition) is 2. The highest BCUT2D eigenvalue weighted by Gasteiger charge is 2.12. The summed E-state index contributed by atoms with van der Waals surface area (Å²) in [5.41, 5.74) is 5.41. The van der Waals surface area contributed by atoms with Gasteiger partial charge in [0.15, 0.2) is 0 Å². The molecule has 0 spiro atoms. The van der Waals surface area contributed by atoms with E-state index in [1.807, 2.05) is 43.3 Å². The standard InChI is InChI=1S/C17H18ClN3O/c1-12-5-3-4-6-16(12)20-13(2)17(22)21-19-11-14-7-9-15(18)10-8-14/h3-11,13,20H,1-2H3,(H,21,22). The quantitative estimate of drug-likeness (QED) is 0.654. The number of carbonyl (C=O) groups is 1. The van der Waals surface area contributed by atoms with E-state index in [0.717, 1.165) is 16.8 Å². The molecule has 0 aliphatic heterocycles. The smallest absolute Gasteiger partial charge is 0.262 e. The average molecular weight is 316 g/mol. The van der Waals surface area contributed by atoms with E-state index in [0.29, 0.717) is 5.02 Å². The normalized spacial score (nSPS) is 12.1. The van der Waals surface area contributed by atoms with Crippen molar-refractivity contribution in [1.29, 1.82) is 0 Å². The first-order chi connectivity index (χ1) is 10.6. The number of benzene rings is 2. The fraction of sp³-hybridized carbons (Fsp3) is 0.176. The van der Waals surface area contributed by atoms with Crippen molar-refractivity contribution in [2.24, 2.45) is 5.10 Å². The molecular formula is C17H18ClN3O. The summed E-state index contributed by atoms with van der Waals surface area (Å²) in [7, 11) is 0. The van der Waals surface area contributed by atoms with E-state index in [1.54, 1.807) is 25.3 Å². The highest BCUT2D eigenvalue weighted by molar-refractivity contribution is 6.30. The lowest BCUT2D eigenvalue weighted by Crippen LogP contribution is -2.35. The Morgan fingerprint density at radius 1 is 1.18 bits per heavy atom. The first kappa shape index (κ1) is 16.0. The Bertz CT molecular complexity index is 668. The van der Waals surface area contributed by atoms with Gasteiger partial charge in [-0.2, -0.15) is 5.10 Å². The van der Waals surface area contributed by atoms with Gasteiger partial charge in [0, 0.05) is 10.7 Å². The molecule has 0 aromatic heterocycles. The number of anilines is 1. The van der Waals surface area contributed by atoms with E-state index in [2.05, 4.69) is 15.8 Å². The number of para-hydroxylation sites is 1. The second-order valence-corrected chi connectivity index (χ2v) is 5.40. The minimum Gasteiger partial charge on any atom is -0.374 e. The molecule has 0 heterocycles. The van der Waals surface area contributed by atoms with Gasteiger partial charge in [0.1, 0.15) is 6.04 Å². The maximum Gasteiger partial charge on any atom is 0.262 e. The Morgan fingerprint density at radius 2 is 1.86 bits per heavy atom. The second-order valence-electron chi connectivity index (χ2n) is 4.97. The van der Waals surface area contributed by atoms with Crippen LogP contribution in [0, 0.1) is 6.92 Å². The van der Waals surface area contributed by atoms with Gasteiger partial charge in [0.05, 0.1) is 6.21 Å². The van der Waals surface area contributed by atoms with Gasteiger partial charge in [0.25, 0.3) is 5.91 Å². The van der Waals surface area contributed by atoms with Gasteiger partial charge >= 0.3 is 0 Å². The van der Waals surface area contributed by atoms with E-state index in [-0.39, 0.29) is 11.9 Å². The van der Waals surface area contributed by atoms with Crippen molar-refractivity contribution in [3.63, 3.8) is 0 Å². The molecule has 0 saturated heterocycles. The third-order valence-corrected chi connectivity index (χ3v) is 3.42. The fourth-order valence-corrected chi connectivity index (χ4v) is 1.98. The highest BCUT2D eigenvalue weighted by Crippen LogP contribution is 2.14. The van der Waals surface area contributed by atoms with Gasteiger partial charge in [0.2, 0.25) is 0 Å². The summed E-state index contributed by atoms with van der Waals surface area (Å²) in [6, 6.07) is 14.6. The predicted molar refractivity (Wildman–Crippen MR) is 91.5 cm³/mol. The number of amides is 1. The predicted octanol–water partition coefficient (Wildman–Crippen LogP) is 3.60. The zero-order valence-electron chi connectivity index (χ0n) is 12.5. The summed E-state index contributed by atoms with van der Waals surface area (Å²) < 4.78 is 0. The van der Waals surface area contributed by atoms with Crippen molar-refractivity contribution in [2.45, 2.75) is 19.9 Å². The maximum absolute atomic E-state index is 12.0. The summed E-state index contributed by atoms with van der Waals surface area (Å²) in [6.07, 6.45) is 1.58. The van der Waals surface area contributed by atoms with E-state index >= 15 is 0 Å². The molecule has 2 N–H and O–H groups in total. The third kappa shape index (κ3) is 4.60. The molecule has 2 aromatic carbocycles. The monoisotopic (exact) mass is 315 g/mol. The molecule has 0 bridgehead atoms. The molecule has 0 aliphatic carbocycles. The van der Waals surface area contributed by atoms with Crippen LogP contribution in [0.5, 0.6) is 0 Å². The van der Waals surface area contributed by atoms with E-state index < -0.39 is 0 Å². The van der Waals surface area contributed by atoms with Gasteiger partial charge in [-0.15, -0.1) is 0 Å². The van der Waals surface area contributed by atoms with Crippen LogP contribution in [0.2, 0.25) is 5.02 Å². The molecule has 5 heteroatoms. The zero-order chi connectivity index (χ0) is 15.9. The molecule has 0 radical (unpaired) electrons. The molecule has 2 rings (SSSR count). The Balaban J connectivity index is 1.89. The lowest BCUT2D eigenvalue weighted by atomic mass is 10.2. The largest absolute Gasteiger partial charge is 0.374 e. The van der Waals surface area contributed by atoms with Gasteiger partial charge in [-0.1, -0.05) is 41.9 Å². The lowest BCUT2D eigenvalue weighted by Gasteiger charge is -2.15. The summed E-state index contributed by atoms with van der Waals surface area (Å²) in [6.45, 7) is 3.78. The van der Waals surface area contributed by atoms with Crippen LogP contribution >= 0.6 is 11.6 Å². The van der Waals surface area contributed by atoms with E-state index in [4.69, 9.17) is 11.6 Å². The molecule has 114 valence electrons. The van der Waals surface area contributed by atoms with Crippen molar-refractivity contribution in [3.8, 4) is 0 Å². The van der Waals surface area contributed by atoms with Crippen LogP contribution < -0.4 is 10.7 Å². The van der Waals surface area contributed by atoms with Crippen LogP contribution in [-0.2, 0) is 4.79 Å². The van der Waals surface area contributed by atoms with Gasteiger partial charge in [-0.3, -0.25) is 4.79 Å². The van der Waals surface area contributed by atoms with Gasteiger partial charge in [-0.25, -0.2) is 5.43 Å². The summed E-state index contributed by atoms with van der Waals surface area (Å²) >= 11 is 5.80. The van der Waals surface area contributed by atoms with Crippen LogP contribution in [-0.4, -0.2) is 18.2 Å². The third-order valence-electron chi connectivity index (χ3n) is 3.17. The summed E-state index contributed by atoms with van der Waals surface area (Å²) in [4.78, 5) is 12.0. The SMILES string of the molecule is Cc1ccccc1NC(C)C(=O)NN=Cc1ccc(Cl)cc1. The molecule has 0 aliphatic rings. The van der Waals surface area contributed by atoms with Gasteiger partial charge < -0.3 is 5.32 Å². The number of nitrogens with zero attached hydrogens (tertiary/aromatic N) is 1. The molecule has 0 fully saturated rings. The van der Waals surface area contributed by atoms with E-state index in [9.17, 15) is 4.79 Å². The number of rotatable bonds is 5. The number of halogens is 1. The molecule has 2 aromatic rings. The first-order valence-electron chi connectivity index (χ1n) is 6.97. The maximum atomic E-state index is 12.0. The number of aryl methyl sites for hydroxylation is 1. The molecular weight excluding hydrogens is 298 g/mol. The van der Waals surface area contributed by atoms with Crippen LogP contribution in [0.1, 0.15) is 18.1 Å². The molecule has 1 amide bonds.